The fourth-order valence-electron chi connectivity index (χ4n) is 3.18. The highest BCUT2D eigenvalue weighted by molar-refractivity contribution is 5.52. The van der Waals surface area contributed by atoms with E-state index >= 15 is 0 Å². The third-order valence-corrected chi connectivity index (χ3v) is 4.26. The zero-order valence-electron chi connectivity index (χ0n) is 12.8. The van der Waals surface area contributed by atoms with Gasteiger partial charge in [0.25, 0.3) is 0 Å². The van der Waals surface area contributed by atoms with Gasteiger partial charge in [0.1, 0.15) is 5.82 Å². The number of hydrogen-bond donors (Lipinski definition) is 1. The predicted molar refractivity (Wildman–Crippen MR) is 85.4 cm³/mol. The molecule has 2 aromatic rings. The molecule has 2 heterocycles. The fourth-order valence-corrected chi connectivity index (χ4v) is 3.18. The molecule has 1 aromatic carbocycles. The number of aliphatic hydroxyl groups is 1. The number of pyridine rings is 1. The molecule has 3 nitrogen and oxygen atoms in total. The number of rotatable bonds is 2. The van der Waals surface area contributed by atoms with Crippen LogP contribution in [0.15, 0.2) is 30.3 Å². The third kappa shape index (κ3) is 2.79. The minimum Gasteiger partial charge on any atom is -0.392 e. The average molecular weight is 282 g/mol. The maximum absolute atomic E-state index is 9.72. The van der Waals surface area contributed by atoms with Gasteiger partial charge in [-0.25, -0.2) is 4.98 Å². The molecule has 0 saturated heterocycles. The number of benzene rings is 1. The van der Waals surface area contributed by atoms with Crippen LogP contribution < -0.4 is 4.90 Å². The normalized spacial score (nSPS) is 14.7. The predicted octanol–water partition coefficient (Wildman–Crippen LogP) is 3.14. The maximum atomic E-state index is 9.72. The fraction of sp³-hybridized carbons (Fsp3) is 0.389. The van der Waals surface area contributed by atoms with Crippen molar-refractivity contribution >= 4 is 5.82 Å². The first-order valence-corrected chi connectivity index (χ1v) is 7.58. The molecule has 0 atom stereocenters. The lowest BCUT2D eigenvalue weighted by atomic mass is 10.0. The van der Waals surface area contributed by atoms with E-state index in [2.05, 4.69) is 36.1 Å². The van der Waals surface area contributed by atoms with E-state index in [1.807, 2.05) is 13.0 Å². The standard InChI is InChI=1S/C18H22N2O/c1-13-10-14(2)19-18(17(13)12-21)20-9-5-8-15-6-3-4-7-16(15)11-20/h3-4,6-7,10,21H,5,8-9,11-12H2,1-2H3. The smallest absolute Gasteiger partial charge is 0.134 e. The number of anilines is 1. The molecular formula is C18H22N2O. The van der Waals surface area contributed by atoms with Crippen LogP contribution in [0.4, 0.5) is 5.82 Å². The first-order chi connectivity index (χ1) is 10.2. The Hall–Kier alpha value is -1.87. The highest BCUT2D eigenvalue weighted by atomic mass is 16.3. The zero-order chi connectivity index (χ0) is 14.8. The minimum atomic E-state index is 0.0482. The molecule has 0 bridgehead atoms. The molecule has 0 spiro atoms. The van der Waals surface area contributed by atoms with Crippen LogP contribution in [0.1, 0.15) is 34.4 Å². The summed E-state index contributed by atoms with van der Waals surface area (Å²) in [6, 6.07) is 10.7. The van der Waals surface area contributed by atoms with Crippen LogP contribution in [0, 0.1) is 13.8 Å². The molecule has 1 aliphatic rings. The highest BCUT2D eigenvalue weighted by Gasteiger charge is 2.19. The van der Waals surface area contributed by atoms with E-state index in [-0.39, 0.29) is 6.61 Å². The summed E-state index contributed by atoms with van der Waals surface area (Å²) in [5.74, 6) is 0.951. The minimum absolute atomic E-state index is 0.0482. The lowest BCUT2D eigenvalue weighted by Gasteiger charge is -2.25. The van der Waals surface area contributed by atoms with Crippen molar-refractivity contribution in [3.8, 4) is 0 Å². The third-order valence-electron chi connectivity index (χ3n) is 4.26. The summed E-state index contributed by atoms with van der Waals surface area (Å²) >= 11 is 0. The van der Waals surface area contributed by atoms with Crippen LogP contribution in [0.5, 0.6) is 0 Å². The van der Waals surface area contributed by atoms with Gasteiger partial charge in [-0.15, -0.1) is 0 Å². The topological polar surface area (TPSA) is 36.4 Å². The summed E-state index contributed by atoms with van der Waals surface area (Å²) in [6.07, 6.45) is 2.24. The lowest BCUT2D eigenvalue weighted by molar-refractivity contribution is 0.280. The first kappa shape index (κ1) is 14.1. The number of nitrogens with zero attached hydrogens (tertiary/aromatic N) is 2. The number of fused-ring (bicyclic) bond motifs is 1. The summed E-state index contributed by atoms with van der Waals surface area (Å²) in [5.41, 5.74) is 5.91. The molecule has 3 rings (SSSR count). The van der Waals surface area contributed by atoms with Crippen molar-refractivity contribution in [1.29, 1.82) is 0 Å². The second kappa shape index (κ2) is 5.86. The Kier molecular flexibility index (Phi) is 3.93. The van der Waals surface area contributed by atoms with E-state index in [4.69, 9.17) is 4.98 Å². The van der Waals surface area contributed by atoms with Gasteiger partial charge >= 0.3 is 0 Å². The zero-order valence-corrected chi connectivity index (χ0v) is 12.8. The van der Waals surface area contributed by atoms with Crippen molar-refractivity contribution in [1.82, 2.24) is 4.98 Å². The van der Waals surface area contributed by atoms with Crippen LogP contribution in [-0.4, -0.2) is 16.6 Å². The monoisotopic (exact) mass is 282 g/mol. The van der Waals surface area contributed by atoms with Gasteiger partial charge in [-0.2, -0.15) is 0 Å². The molecule has 0 unspecified atom stereocenters. The van der Waals surface area contributed by atoms with E-state index in [0.717, 1.165) is 48.6 Å². The van der Waals surface area contributed by atoms with Crippen molar-refractivity contribution in [3.05, 3.63) is 58.3 Å². The number of aryl methyl sites for hydroxylation is 3. The van der Waals surface area contributed by atoms with E-state index in [1.165, 1.54) is 11.1 Å². The van der Waals surface area contributed by atoms with Crippen LogP contribution in [0.3, 0.4) is 0 Å². The number of aromatic nitrogens is 1. The van der Waals surface area contributed by atoms with Gasteiger partial charge in [-0.05, 0) is 49.4 Å². The van der Waals surface area contributed by atoms with Gasteiger partial charge in [0.15, 0.2) is 0 Å². The van der Waals surface area contributed by atoms with Gasteiger partial charge in [0, 0.05) is 24.3 Å². The second-order valence-corrected chi connectivity index (χ2v) is 5.83. The summed E-state index contributed by atoms with van der Waals surface area (Å²) < 4.78 is 0. The second-order valence-electron chi connectivity index (χ2n) is 5.83. The Morgan fingerprint density at radius 1 is 1.19 bits per heavy atom. The van der Waals surface area contributed by atoms with Crippen molar-refractivity contribution in [2.45, 2.75) is 39.8 Å². The summed E-state index contributed by atoms with van der Waals surface area (Å²) in [4.78, 5) is 7.03. The van der Waals surface area contributed by atoms with Crippen molar-refractivity contribution in [3.63, 3.8) is 0 Å². The van der Waals surface area contributed by atoms with E-state index in [9.17, 15) is 5.11 Å². The van der Waals surface area contributed by atoms with E-state index < -0.39 is 0 Å². The molecular weight excluding hydrogens is 260 g/mol. The Morgan fingerprint density at radius 3 is 2.71 bits per heavy atom. The van der Waals surface area contributed by atoms with Crippen molar-refractivity contribution < 1.29 is 5.11 Å². The molecule has 110 valence electrons. The van der Waals surface area contributed by atoms with Gasteiger partial charge < -0.3 is 10.0 Å². The Labute approximate surface area is 126 Å². The van der Waals surface area contributed by atoms with Crippen molar-refractivity contribution in [2.24, 2.45) is 0 Å². The van der Waals surface area contributed by atoms with Crippen LogP contribution >= 0.6 is 0 Å². The SMILES string of the molecule is Cc1cc(C)c(CO)c(N2CCCc3ccccc3C2)n1. The molecule has 3 heteroatoms. The Morgan fingerprint density at radius 2 is 1.95 bits per heavy atom. The lowest BCUT2D eigenvalue weighted by Crippen LogP contribution is -2.25. The number of aliphatic hydroxyl groups excluding tert-OH is 1. The van der Waals surface area contributed by atoms with Crippen LogP contribution in [0.25, 0.3) is 0 Å². The summed E-state index contributed by atoms with van der Waals surface area (Å²) in [5, 5.41) is 9.72. The van der Waals surface area contributed by atoms with Crippen molar-refractivity contribution in [2.75, 3.05) is 11.4 Å². The Balaban J connectivity index is 2.01. The molecule has 1 aliphatic heterocycles. The highest BCUT2D eigenvalue weighted by Crippen LogP contribution is 2.27. The molecule has 21 heavy (non-hydrogen) atoms. The van der Waals surface area contributed by atoms with E-state index in [1.54, 1.807) is 0 Å². The van der Waals surface area contributed by atoms with E-state index in [0.29, 0.717) is 0 Å². The Bertz CT molecular complexity index is 652. The van der Waals surface area contributed by atoms with Crippen LogP contribution in [-0.2, 0) is 19.6 Å². The average Bonchev–Trinajstić information content (AvgIpc) is 2.68. The molecule has 0 saturated carbocycles. The van der Waals surface area contributed by atoms with Gasteiger partial charge in [0.05, 0.1) is 6.61 Å². The van der Waals surface area contributed by atoms with Crippen LogP contribution in [0.2, 0.25) is 0 Å². The molecule has 0 radical (unpaired) electrons. The van der Waals surface area contributed by atoms with Gasteiger partial charge in [-0.1, -0.05) is 24.3 Å². The van der Waals surface area contributed by atoms with Gasteiger partial charge in [-0.3, -0.25) is 0 Å². The molecule has 1 N–H and O–H groups in total. The summed E-state index contributed by atoms with van der Waals surface area (Å²) in [7, 11) is 0. The first-order valence-electron chi connectivity index (χ1n) is 7.58. The van der Waals surface area contributed by atoms with Gasteiger partial charge in [0.2, 0.25) is 0 Å². The largest absolute Gasteiger partial charge is 0.392 e. The number of hydrogen-bond acceptors (Lipinski definition) is 3. The summed E-state index contributed by atoms with van der Waals surface area (Å²) in [6.45, 7) is 5.97. The maximum Gasteiger partial charge on any atom is 0.134 e. The quantitative estimate of drug-likeness (QED) is 0.919. The molecule has 0 aliphatic carbocycles. The molecule has 0 fully saturated rings. The molecule has 1 aromatic heterocycles. The molecule has 0 amide bonds.